The zero-order chi connectivity index (χ0) is 8.10. The number of hydrogen-bond acceptors (Lipinski definition) is 4. The van der Waals surface area contributed by atoms with Crippen molar-refractivity contribution in [2.45, 2.75) is 38.2 Å². The Balaban J connectivity index is 2.19. The van der Waals surface area contributed by atoms with Crippen molar-refractivity contribution in [2.24, 2.45) is 0 Å². The summed E-state index contributed by atoms with van der Waals surface area (Å²) < 4.78 is 5.61. The molecule has 0 bridgehead atoms. The molecule has 0 N–H and O–H groups in total. The summed E-state index contributed by atoms with van der Waals surface area (Å²) in [6.07, 6.45) is 6.07. The van der Waals surface area contributed by atoms with Crippen molar-refractivity contribution < 1.29 is 4.52 Å². The molecule has 0 aromatic carbocycles. The zero-order valence-electron chi connectivity index (χ0n) is 6.23. The molecular formula is C6H12OPS3+. The number of rotatable bonds is 3. The summed E-state index contributed by atoms with van der Waals surface area (Å²) in [5.74, 6) is 0. The molecule has 1 atom stereocenters. The average molecular weight is 227 g/mol. The van der Waals surface area contributed by atoms with Crippen molar-refractivity contribution in [3.63, 3.8) is 0 Å². The van der Waals surface area contributed by atoms with Crippen LogP contribution in [0.25, 0.3) is 0 Å². The molecule has 1 fully saturated rings. The van der Waals surface area contributed by atoms with Crippen LogP contribution < -0.4 is 0 Å². The second-order valence-electron chi connectivity index (χ2n) is 2.67. The SMILES string of the molecule is S=[P+](OC1CCCCC1)SS. The second-order valence-corrected chi connectivity index (χ2v) is 8.13. The third-order valence-electron chi connectivity index (χ3n) is 1.85. The summed E-state index contributed by atoms with van der Waals surface area (Å²) in [5, 5.41) is 0. The van der Waals surface area contributed by atoms with Gasteiger partial charge in [0.05, 0.1) is 0 Å². The molecule has 1 unspecified atom stereocenters. The molecule has 1 nitrogen and oxygen atoms in total. The highest BCUT2D eigenvalue weighted by molar-refractivity contribution is 8.96. The van der Waals surface area contributed by atoms with Crippen LogP contribution in [0.15, 0.2) is 0 Å². The summed E-state index contributed by atoms with van der Waals surface area (Å²) >= 11 is 9.08. The molecule has 0 heterocycles. The van der Waals surface area contributed by atoms with E-state index < -0.39 is 6.13 Å². The van der Waals surface area contributed by atoms with E-state index in [1.807, 2.05) is 0 Å². The van der Waals surface area contributed by atoms with Gasteiger partial charge in [0.1, 0.15) is 6.10 Å². The molecule has 5 heteroatoms. The molecule has 1 saturated carbocycles. The van der Waals surface area contributed by atoms with Crippen LogP contribution in [-0.4, -0.2) is 6.10 Å². The minimum atomic E-state index is -0.737. The third-order valence-corrected chi connectivity index (χ3v) is 6.37. The maximum Gasteiger partial charge on any atom is 0.426 e. The summed E-state index contributed by atoms with van der Waals surface area (Å²) in [5.41, 5.74) is 0. The van der Waals surface area contributed by atoms with E-state index in [9.17, 15) is 0 Å². The van der Waals surface area contributed by atoms with Gasteiger partial charge >= 0.3 is 6.13 Å². The molecule has 0 radical (unpaired) electrons. The minimum absolute atomic E-state index is 0.437. The minimum Gasteiger partial charge on any atom is -0.154 e. The highest BCUT2D eigenvalue weighted by Crippen LogP contribution is 2.44. The fourth-order valence-corrected chi connectivity index (χ4v) is 3.00. The topological polar surface area (TPSA) is 9.23 Å². The first-order valence-electron chi connectivity index (χ1n) is 3.78. The highest BCUT2D eigenvalue weighted by Gasteiger charge is 2.22. The van der Waals surface area contributed by atoms with Crippen molar-refractivity contribution >= 4 is 40.0 Å². The lowest BCUT2D eigenvalue weighted by Gasteiger charge is -2.15. The molecule has 0 aromatic rings. The molecule has 1 aliphatic rings. The first-order chi connectivity index (χ1) is 5.33. The Morgan fingerprint density at radius 3 is 2.55 bits per heavy atom. The van der Waals surface area contributed by atoms with E-state index in [1.54, 1.807) is 0 Å². The lowest BCUT2D eigenvalue weighted by molar-refractivity contribution is 0.181. The molecule has 0 amide bonds. The fourth-order valence-electron chi connectivity index (χ4n) is 1.31. The van der Waals surface area contributed by atoms with Gasteiger partial charge in [0, 0.05) is 0 Å². The molecule has 11 heavy (non-hydrogen) atoms. The van der Waals surface area contributed by atoms with E-state index in [-0.39, 0.29) is 0 Å². The van der Waals surface area contributed by atoms with E-state index in [0.717, 1.165) is 0 Å². The Morgan fingerprint density at radius 2 is 2.00 bits per heavy atom. The highest BCUT2D eigenvalue weighted by atomic mass is 33.4. The second kappa shape index (κ2) is 5.76. The van der Waals surface area contributed by atoms with Crippen molar-refractivity contribution in [2.75, 3.05) is 0 Å². The maximum absolute atomic E-state index is 5.61. The first-order valence-corrected chi connectivity index (χ1v) is 8.53. The predicted molar refractivity (Wildman–Crippen MR) is 58.8 cm³/mol. The molecule has 0 aromatic heterocycles. The predicted octanol–water partition coefficient (Wildman–Crippen LogP) is 3.69. The molecule has 0 spiro atoms. The monoisotopic (exact) mass is 227 g/mol. The number of thiol groups is 1. The molecule has 0 aliphatic heterocycles. The summed E-state index contributed by atoms with van der Waals surface area (Å²) in [7, 11) is 1.37. The van der Waals surface area contributed by atoms with Crippen molar-refractivity contribution in [3.05, 3.63) is 0 Å². The van der Waals surface area contributed by atoms with Gasteiger partial charge in [-0.15, -0.1) is 0 Å². The Bertz CT molecular complexity index is 136. The van der Waals surface area contributed by atoms with Gasteiger partial charge in [0.25, 0.3) is 0 Å². The normalized spacial score (nSPS) is 21.7. The van der Waals surface area contributed by atoms with Gasteiger partial charge < -0.3 is 0 Å². The first kappa shape index (κ1) is 10.3. The lowest BCUT2D eigenvalue weighted by atomic mass is 9.98. The van der Waals surface area contributed by atoms with Crippen LogP contribution in [-0.2, 0) is 16.3 Å². The van der Waals surface area contributed by atoms with Gasteiger partial charge in [-0.25, -0.2) is 0 Å². The van der Waals surface area contributed by atoms with Gasteiger partial charge in [-0.3, -0.25) is 0 Å². The van der Waals surface area contributed by atoms with E-state index >= 15 is 0 Å². The van der Waals surface area contributed by atoms with E-state index in [1.165, 1.54) is 42.5 Å². The Morgan fingerprint density at radius 1 is 1.36 bits per heavy atom. The molecule has 1 rings (SSSR count). The molecule has 64 valence electrons. The summed E-state index contributed by atoms with van der Waals surface area (Å²) in [4.78, 5) is 0. The summed E-state index contributed by atoms with van der Waals surface area (Å²) in [6.45, 7) is 0. The Labute approximate surface area is 82.7 Å². The lowest BCUT2D eigenvalue weighted by Crippen LogP contribution is -2.12. The van der Waals surface area contributed by atoms with Crippen LogP contribution in [0.1, 0.15) is 32.1 Å². The van der Waals surface area contributed by atoms with Crippen molar-refractivity contribution in [1.29, 1.82) is 0 Å². The van der Waals surface area contributed by atoms with Crippen LogP contribution in [0.4, 0.5) is 0 Å². The zero-order valence-corrected chi connectivity index (χ0v) is 9.65. The van der Waals surface area contributed by atoms with Gasteiger partial charge in [-0.05, 0) is 12.8 Å². The molecule has 0 saturated heterocycles. The van der Waals surface area contributed by atoms with Gasteiger partial charge in [-0.1, -0.05) is 30.9 Å². The van der Waals surface area contributed by atoms with Gasteiger partial charge in [0.15, 0.2) is 10.4 Å². The molecular weight excluding hydrogens is 215 g/mol. The van der Waals surface area contributed by atoms with Crippen molar-refractivity contribution in [1.82, 2.24) is 0 Å². The van der Waals surface area contributed by atoms with E-state index in [0.29, 0.717) is 6.10 Å². The number of hydrogen-bond donors (Lipinski definition) is 1. The van der Waals surface area contributed by atoms with Crippen LogP contribution in [0, 0.1) is 0 Å². The maximum atomic E-state index is 5.61. The van der Waals surface area contributed by atoms with Crippen LogP contribution in [0.2, 0.25) is 0 Å². The van der Waals surface area contributed by atoms with E-state index in [4.69, 9.17) is 16.3 Å². The van der Waals surface area contributed by atoms with Gasteiger partial charge in [-0.2, -0.15) is 4.52 Å². The van der Waals surface area contributed by atoms with Crippen LogP contribution in [0.5, 0.6) is 0 Å². The molecule has 1 aliphatic carbocycles. The Hall–Kier alpha value is 1.18. The van der Waals surface area contributed by atoms with Crippen LogP contribution in [0.3, 0.4) is 0 Å². The summed E-state index contributed by atoms with van der Waals surface area (Å²) in [6, 6.07) is 0. The average Bonchev–Trinajstić information content (AvgIpc) is 2.06. The smallest absolute Gasteiger partial charge is 0.154 e. The van der Waals surface area contributed by atoms with Crippen LogP contribution >= 0.6 is 28.2 Å². The van der Waals surface area contributed by atoms with Gasteiger partial charge in [0.2, 0.25) is 11.8 Å². The van der Waals surface area contributed by atoms with Crippen molar-refractivity contribution in [3.8, 4) is 0 Å². The fraction of sp³-hybridized carbons (Fsp3) is 1.00. The largest absolute Gasteiger partial charge is 0.426 e. The third kappa shape index (κ3) is 4.09. The standard InChI is InChI=1S/C6H11OPS3/c9-8(11-10)7-6-4-2-1-3-5-6/h6H,1-5H2/p+1. The quantitative estimate of drug-likeness (QED) is 0.447. The van der Waals surface area contributed by atoms with E-state index in [2.05, 4.69) is 11.7 Å². The Kier molecular flexibility index (Phi) is 5.38.